The lowest BCUT2D eigenvalue weighted by Gasteiger charge is -2.21. The van der Waals surface area contributed by atoms with Gasteiger partial charge in [-0.2, -0.15) is 0 Å². The van der Waals surface area contributed by atoms with Crippen LogP contribution in [-0.2, 0) is 4.79 Å². The van der Waals surface area contributed by atoms with Crippen molar-refractivity contribution in [2.24, 2.45) is 0 Å². The number of aromatic nitrogens is 4. The Morgan fingerprint density at radius 3 is 2.09 bits per heavy atom. The van der Waals surface area contributed by atoms with Gasteiger partial charge in [0.2, 0.25) is 5.91 Å². The molecule has 1 amide bonds. The molecule has 0 unspecified atom stereocenters. The van der Waals surface area contributed by atoms with Gasteiger partial charge in [0.15, 0.2) is 11.6 Å². The molecule has 0 aromatic carbocycles. The molecule has 0 fully saturated rings. The van der Waals surface area contributed by atoms with Gasteiger partial charge in [-0.3, -0.25) is 14.8 Å². The molecule has 0 radical (unpaired) electrons. The molecule has 23 heavy (non-hydrogen) atoms. The van der Waals surface area contributed by atoms with Crippen LogP contribution in [0.2, 0.25) is 0 Å². The number of hydrogen-bond acceptors (Lipinski definition) is 6. The minimum atomic E-state index is 0.103. The fraction of sp³-hybridized carbons (Fsp3) is 0.438. The average molecular weight is 314 g/mol. The zero-order valence-corrected chi connectivity index (χ0v) is 13.4. The number of amides is 1. The fourth-order valence-electron chi connectivity index (χ4n) is 2.24. The van der Waals surface area contributed by atoms with Gasteiger partial charge in [0.1, 0.15) is 0 Å². The normalized spacial score (nSPS) is 10.3. The fourth-order valence-corrected chi connectivity index (χ4v) is 2.24. The molecule has 2 aromatic rings. The molecule has 0 spiro atoms. The predicted octanol–water partition coefficient (Wildman–Crippen LogP) is 2.10. The molecule has 7 nitrogen and oxygen atoms in total. The third-order valence-electron chi connectivity index (χ3n) is 3.47. The number of nitrogens with one attached hydrogen (secondary N) is 1. The lowest BCUT2D eigenvalue weighted by Crippen LogP contribution is -2.21. The Kier molecular flexibility index (Phi) is 6.90. The molecular formula is C16H22N6O. The first-order chi connectivity index (χ1) is 11.3. The molecule has 0 bridgehead atoms. The monoisotopic (exact) mass is 314 g/mol. The Morgan fingerprint density at radius 1 is 0.957 bits per heavy atom. The van der Waals surface area contributed by atoms with E-state index in [0.29, 0.717) is 6.42 Å². The summed E-state index contributed by atoms with van der Waals surface area (Å²) < 4.78 is 0. The van der Waals surface area contributed by atoms with Crippen LogP contribution in [0.5, 0.6) is 0 Å². The highest BCUT2D eigenvalue weighted by Crippen LogP contribution is 2.20. The Bertz CT molecular complexity index is 538. The summed E-state index contributed by atoms with van der Waals surface area (Å²) in [6.45, 7) is 0.789. The van der Waals surface area contributed by atoms with Crippen LogP contribution in [0.4, 0.5) is 11.6 Å². The molecule has 2 rings (SSSR count). The Labute approximate surface area is 136 Å². The van der Waals surface area contributed by atoms with Gasteiger partial charge in [-0.1, -0.05) is 12.8 Å². The van der Waals surface area contributed by atoms with Crippen molar-refractivity contribution < 1.29 is 4.79 Å². The zero-order valence-electron chi connectivity index (χ0n) is 13.4. The van der Waals surface area contributed by atoms with Crippen LogP contribution in [0.15, 0.2) is 37.2 Å². The van der Waals surface area contributed by atoms with E-state index in [1.807, 2.05) is 4.90 Å². The third-order valence-corrected chi connectivity index (χ3v) is 3.47. The average Bonchev–Trinajstić information content (AvgIpc) is 2.62. The van der Waals surface area contributed by atoms with Gasteiger partial charge in [0.05, 0.1) is 12.4 Å². The molecule has 7 heteroatoms. The van der Waals surface area contributed by atoms with Crippen LogP contribution in [0.1, 0.15) is 32.1 Å². The number of anilines is 2. The highest BCUT2D eigenvalue weighted by Gasteiger charge is 2.11. The topological polar surface area (TPSA) is 83.9 Å². The van der Waals surface area contributed by atoms with Crippen molar-refractivity contribution in [1.82, 2.24) is 25.3 Å². The summed E-state index contributed by atoms with van der Waals surface area (Å²) in [7, 11) is 1.67. The molecular weight excluding hydrogens is 292 g/mol. The highest BCUT2D eigenvalue weighted by molar-refractivity contribution is 5.75. The maximum atomic E-state index is 11.2. The summed E-state index contributed by atoms with van der Waals surface area (Å²) in [4.78, 5) is 30.1. The molecule has 122 valence electrons. The van der Waals surface area contributed by atoms with Crippen molar-refractivity contribution in [2.45, 2.75) is 32.1 Å². The standard InChI is InChI=1S/C16H22N6O/c1-17-16(23)6-4-2-3-5-11-22(14-12-18-7-9-20-14)15-13-19-8-10-21-15/h7-10,12-13H,2-6,11H2,1H3,(H,17,23). The van der Waals surface area contributed by atoms with Gasteiger partial charge in [0, 0.05) is 44.8 Å². The highest BCUT2D eigenvalue weighted by atomic mass is 16.1. The van der Waals surface area contributed by atoms with Crippen LogP contribution in [0.25, 0.3) is 0 Å². The summed E-state index contributed by atoms with van der Waals surface area (Å²) in [5, 5.41) is 2.64. The first-order valence-electron chi connectivity index (χ1n) is 7.81. The summed E-state index contributed by atoms with van der Waals surface area (Å²) in [6.07, 6.45) is 14.7. The first-order valence-corrected chi connectivity index (χ1v) is 7.81. The molecule has 0 aliphatic carbocycles. The van der Waals surface area contributed by atoms with Crippen LogP contribution >= 0.6 is 0 Å². The van der Waals surface area contributed by atoms with Crippen molar-refractivity contribution >= 4 is 17.5 Å². The van der Waals surface area contributed by atoms with Gasteiger partial charge in [-0.05, 0) is 12.8 Å². The summed E-state index contributed by atoms with van der Waals surface area (Å²) >= 11 is 0. The van der Waals surface area contributed by atoms with Crippen molar-refractivity contribution in [2.75, 3.05) is 18.5 Å². The molecule has 0 saturated carbocycles. The molecule has 0 atom stereocenters. The van der Waals surface area contributed by atoms with E-state index in [-0.39, 0.29) is 5.91 Å². The summed E-state index contributed by atoms with van der Waals surface area (Å²) in [5.41, 5.74) is 0. The van der Waals surface area contributed by atoms with Crippen LogP contribution < -0.4 is 10.2 Å². The maximum Gasteiger partial charge on any atom is 0.219 e. The number of hydrogen-bond donors (Lipinski definition) is 1. The van der Waals surface area contributed by atoms with E-state index in [4.69, 9.17) is 0 Å². The third kappa shape index (κ3) is 5.61. The van der Waals surface area contributed by atoms with Gasteiger partial charge in [0.25, 0.3) is 0 Å². The smallest absolute Gasteiger partial charge is 0.219 e. The van der Waals surface area contributed by atoms with Gasteiger partial charge in [-0.15, -0.1) is 0 Å². The Balaban J connectivity index is 1.86. The van der Waals surface area contributed by atoms with E-state index in [0.717, 1.165) is 43.9 Å². The number of rotatable bonds is 9. The SMILES string of the molecule is CNC(=O)CCCCCCN(c1cnccn1)c1cnccn1. The minimum absolute atomic E-state index is 0.103. The van der Waals surface area contributed by atoms with Crippen molar-refractivity contribution in [3.63, 3.8) is 0 Å². The number of carbonyl (C=O) groups is 1. The summed E-state index contributed by atoms with van der Waals surface area (Å²) in [6, 6.07) is 0. The molecule has 0 aliphatic heterocycles. The van der Waals surface area contributed by atoms with E-state index >= 15 is 0 Å². The van der Waals surface area contributed by atoms with E-state index in [9.17, 15) is 4.79 Å². The lowest BCUT2D eigenvalue weighted by molar-refractivity contribution is -0.120. The van der Waals surface area contributed by atoms with Crippen LogP contribution in [0, 0.1) is 0 Å². The Morgan fingerprint density at radius 2 is 1.57 bits per heavy atom. The maximum absolute atomic E-state index is 11.2. The minimum Gasteiger partial charge on any atom is -0.359 e. The van der Waals surface area contributed by atoms with E-state index in [1.54, 1.807) is 44.2 Å². The van der Waals surface area contributed by atoms with E-state index < -0.39 is 0 Å². The second-order valence-electron chi connectivity index (χ2n) is 5.12. The second-order valence-corrected chi connectivity index (χ2v) is 5.12. The second kappa shape index (κ2) is 9.45. The first kappa shape index (κ1) is 16.8. The summed E-state index contributed by atoms with van der Waals surface area (Å²) in [5.74, 6) is 1.63. The van der Waals surface area contributed by atoms with Crippen molar-refractivity contribution in [3.8, 4) is 0 Å². The molecule has 0 aliphatic rings. The predicted molar refractivity (Wildman–Crippen MR) is 88.2 cm³/mol. The molecule has 1 N–H and O–H groups in total. The van der Waals surface area contributed by atoms with Gasteiger partial charge < -0.3 is 10.2 Å². The molecule has 2 aromatic heterocycles. The van der Waals surface area contributed by atoms with Crippen LogP contribution in [0.3, 0.4) is 0 Å². The van der Waals surface area contributed by atoms with Crippen LogP contribution in [-0.4, -0.2) is 39.4 Å². The molecule has 0 saturated heterocycles. The number of unbranched alkanes of at least 4 members (excludes halogenated alkanes) is 3. The van der Waals surface area contributed by atoms with Crippen molar-refractivity contribution in [1.29, 1.82) is 0 Å². The lowest BCUT2D eigenvalue weighted by atomic mass is 10.1. The largest absolute Gasteiger partial charge is 0.359 e. The van der Waals surface area contributed by atoms with Gasteiger partial charge in [-0.25, -0.2) is 9.97 Å². The van der Waals surface area contributed by atoms with Gasteiger partial charge >= 0.3 is 0 Å². The quantitative estimate of drug-likeness (QED) is 0.714. The zero-order chi connectivity index (χ0) is 16.3. The Hall–Kier alpha value is -2.57. The van der Waals surface area contributed by atoms with E-state index in [2.05, 4.69) is 25.3 Å². The van der Waals surface area contributed by atoms with E-state index in [1.165, 1.54) is 0 Å². The number of nitrogens with zero attached hydrogens (tertiary/aromatic N) is 5. The number of carbonyl (C=O) groups excluding carboxylic acids is 1. The molecule has 2 heterocycles. The van der Waals surface area contributed by atoms with Crippen molar-refractivity contribution in [3.05, 3.63) is 37.2 Å².